The van der Waals surface area contributed by atoms with Crippen LogP contribution in [0, 0.1) is 5.82 Å². The van der Waals surface area contributed by atoms with E-state index >= 15 is 0 Å². The average Bonchev–Trinajstić information content (AvgIpc) is 3.18. The van der Waals surface area contributed by atoms with E-state index < -0.39 is 12.0 Å². The second-order valence-electron chi connectivity index (χ2n) is 8.26. The van der Waals surface area contributed by atoms with Gasteiger partial charge in [-0.05, 0) is 54.6 Å². The van der Waals surface area contributed by atoms with Gasteiger partial charge in [-0.3, -0.25) is 9.36 Å². The summed E-state index contributed by atoms with van der Waals surface area (Å²) in [5.74, 6) is -0.178. The highest BCUT2D eigenvalue weighted by Crippen LogP contribution is 2.37. The lowest BCUT2D eigenvalue weighted by molar-refractivity contribution is -0.139. The number of aromatic nitrogens is 1. The number of hydrogen-bond donors (Lipinski definition) is 0. The maximum absolute atomic E-state index is 13.8. The van der Waals surface area contributed by atoms with Crippen molar-refractivity contribution in [2.75, 3.05) is 13.7 Å². The third kappa shape index (κ3) is 4.03. The van der Waals surface area contributed by atoms with Gasteiger partial charge in [-0.1, -0.05) is 53.8 Å². The van der Waals surface area contributed by atoms with Crippen molar-refractivity contribution >= 4 is 34.2 Å². The van der Waals surface area contributed by atoms with Crippen LogP contribution < -0.4 is 19.6 Å². The van der Waals surface area contributed by atoms with Gasteiger partial charge in [0, 0.05) is 5.39 Å². The number of carbonyl (C=O) groups is 1. The molecule has 36 heavy (non-hydrogen) atoms. The van der Waals surface area contributed by atoms with Gasteiger partial charge in [0.25, 0.3) is 5.56 Å². The van der Waals surface area contributed by atoms with Crippen LogP contribution >= 0.6 is 11.3 Å². The molecule has 3 aromatic carbocycles. The van der Waals surface area contributed by atoms with Gasteiger partial charge < -0.3 is 9.47 Å². The number of hydrogen-bond acceptors (Lipinski definition) is 6. The maximum atomic E-state index is 13.8. The third-order valence-electron chi connectivity index (χ3n) is 6.12. The Kier molecular flexibility index (Phi) is 6.28. The van der Waals surface area contributed by atoms with Crippen LogP contribution in [0.2, 0.25) is 0 Å². The number of benzene rings is 3. The summed E-state index contributed by atoms with van der Waals surface area (Å²) in [5.41, 5.74) is 1.97. The number of rotatable bonds is 5. The fourth-order valence-corrected chi connectivity index (χ4v) is 5.55. The summed E-state index contributed by atoms with van der Waals surface area (Å²) < 4.78 is 26.3. The Morgan fingerprint density at radius 3 is 2.53 bits per heavy atom. The molecule has 0 aliphatic carbocycles. The Morgan fingerprint density at radius 1 is 1.11 bits per heavy atom. The Hall–Kier alpha value is -4.04. The molecule has 0 unspecified atom stereocenters. The van der Waals surface area contributed by atoms with E-state index in [9.17, 15) is 14.0 Å². The molecule has 1 aliphatic rings. The second kappa shape index (κ2) is 9.54. The maximum Gasteiger partial charge on any atom is 0.338 e. The summed E-state index contributed by atoms with van der Waals surface area (Å²) in [5, 5.41) is 1.72. The smallest absolute Gasteiger partial charge is 0.338 e. The number of esters is 1. The van der Waals surface area contributed by atoms with E-state index in [2.05, 4.69) is 4.99 Å². The summed E-state index contributed by atoms with van der Waals surface area (Å²) in [4.78, 5) is 32.0. The standard InChI is InChI=1S/C28H23FN2O4S/c1-4-35-27(33)24-16(2)30-28-31(26(32)23(36-28)15-17-9-11-18(29)12-10-17)25(24)21-13-14-22(34-3)20-8-6-5-7-19(20)21/h5-15,25H,4H2,1-3H3/b23-15+/t25-/m1/s1. The molecular formula is C28H23FN2O4S. The fourth-order valence-electron chi connectivity index (χ4n) is 4.51. The highest BCUT2D eigenvalue weighted by Gasteiger charge is 2.34. The van der Waals surface area contributed by atoms with Crippen molar-refractivity contribution in [2.45, 2.75) is 19.9 Å². The van der Waals surface area contributed by atoms with Crippen LogP contribution in [-0.2, 0) is 9.53 Å². The fraction of sp³-hybridized carbons (Fsp3) is 0.179. The number of allylic oxidation sites excluding steroid dienone is 1. The molecule has 0 bridgehead atoms. The molecule has 2 heterocycles. The van der Waals surface area contributed by atoms with Crippen LogP contribution in [0.3, 0.4) is 0 Å². The van der Waals surface area contributed by atoms with Crippen LogP contribution in [-0.4, -0.2) is 24.3 Å². The number of thiazole rings is 1. The van der Waals surface area contributed by atoms with Crippen LogP contribution in [0.5, 0.6) is 5.75 Å². The third-order valence-corrected chi connectivity index (χ3v) is 7.10. The van der Waals surface area contributed by atoms with Crippen LogP contribution in [0.4, 0.5) is 4.39 Å². The van der Waals surface area contributed by atoms with E-state index in [-0.39, 0.29) is 18.0 Å². The topological polar surface area (TPSA) is 69.9 Å². The highest BCUT2D eigenvalue weighted by atomic mass is 32.1. The number of carbonyl (C=O) groups excluding carboxylic acids is 1. The number of nitrogens with zero attached hydrogens (tertiary/aromatic N) is 2. The van der Waals surface area contributed by atoms with Crippen molar-refractivity contribution in [3.8, 4) is 5.75 Å². The molecule has 5 rings (SSSR count). The zero-order chi connectivity index (χ0) is 25.4. The molecule has 0 saturated carbocycles. The van der Waals surface area contributed by atoms with Gasteiger partial charge in [-0.15, -0.1) is 0 Å². The molecule has 0 fully saturated rings. The first-order valence-corrected chi connectivity index (χ1v) is 12.3. The Labute approximate surface area is 210 Å². The van der Waals surface area contributed by atoms with Crippen molar-refractivity contribution in [1.29, 1.82) is 0 Å². The molecule has 8 heteroatoms. The number of ether oxygens (including phenoxy) is 2. The lowest BCUT2D eigenvalue weighted by Gasteiger charge is -2.26. The van der Waals surface area contributed by atoms with E-state index in [0.29, 0.717) is 31.9 Å². The molecule has 0 saturated heterocycles. The molecule has 6 nitrogen and oxygen atoms in total. The molecule has 1 aliphatic heterocycles. The Balaban J connectivity index is 1.81. The highest BCUT2D eigenvalue weighted by molar-refractivity contribution is 7.07. The zero-order valence-electron chi connectivity index (χ0n) is 19.9. The molecule has 1 atom stereocenters. The normalized spacial score (nSPS) is 15.6. The predicted octanol–water partition coefficient (Wildman–Crippen LogP) is 4.10. The molecule has 0 N–H and O–H groups in total. The number of methoxy groups -OCH3 is 1. The van der Waals surface area contributed by atoms with E-state index in [1.54, 1.807) is 43.7 Å². The minimum Gasteiger partial charge on any atom is -0.496 e. The minimum absolute atomic E-state index is 0.195. The molecule has 1 aromatic heterocycles. The van der Waals surface area contributed by atoms with Crippen LogP contribution in [0.1, 0.15) is 31.0 Å². The lowest BCUT2D eigenvalue weighted by Crippen LogP contribution is -2.40. The summed E-state index contributed by atoms with van der Waals surface area (Å²) in [6.45, 7) is 3.69. The van der Waals surface area contributed by atoms with Crippen molar-refractivity contribution in [3.05, 3.63) is 109 Å². The lowest BCUT2D eigenvalue weighted by atomic mass is 9.91. The first-order valence-electron chi connectivity index (χ1n) is 11.4. The molecular weight excluding hydrogens is 479 g/mol. The number of fused-ring (bicyclic) bond motifs is 2. The van der Waals surface area contributed by atoms with Gasteiger partial charge in [0.1, 0.15) is 11.6 Å². The largest absolute Gasteiger partial charge is 0.496 e. The summed E-state index contributed by atoms with van der Waals surface area (Å²) in [7, 11) is 1.61. The van der Waals surface area contributed by atoms with Gasteiger partial charge in [-0.2, -0.15) is 0 Å². The second-order valence-corrected chi connectivity index (χ2v) is 9.27. The SMILES string of the molecule is CCOC(=O)C1=C(C)N=c2s/c(=C/c3ccc(F)cc3)c(=O)n2[C@@H]1c1ccc(OC)c2ccccc12. The Morgan fingerprint density at radius 2 is 1.83 bits per heavy atom. The van der Waals surface area contributed by atoms with Crippen molar-refractivity contribution in [1.82, 2.24) is 4.57 Å². The van der Waals surface area contributed by atoms with Crippen molar-refractivity contribution < 1.29 is 18.7 Å². The van der Waals surface area contributed by atoms with E-state index in [1.165, 1.54) is 23.5 Å². The van der Waals surface area contributed by atoms with Crippen molar-refractivity contribution in [2.24, 2.45) is 4.99 Å². The summed E-state index contributed by atoms with van der Waals surface area (Å²) >= 11 is 1.23. The quantitative estimate of drug-likeness (QED) is 0.386. The zero-order valence-corrected chi connectivity index (χ0v) is 20.8. The van der Waals surface area contributed by atoms with Gasteiger partial charge in [0.15, 0.2) is 4.80 Å². The molecule has 4 aromatic rings. The predicted molar refractivity (Wildman–Crippen MR) is 137 cm³/mol. The molecule has 182 valence electrons. The van der Waals surface area contributed by atoms with Gasteiger partial charge in [-0.25, -0.2) is 14.2 Å². The summed E-state index contributed by atoms with van der Waals surface area (Å²) in [6, 6.07) is 16.6. The Bertz CT molecular complexity index is 1700. The van der Waals surface area contributed by atoms with Crippen LogP contribution in [0.15, 0.2) is 81.7 Å². The monoisotopic (exact) mass is 502 g/mol. The molecule has 0 radical (unpaired) electrons. The van der Waals surface area contributed by atoms with E-state index in [4.69, 9.17) is 9.47 Å². The molecule has 0 spiro atoms. The van der Waals surface area contributed by atoms with E-state index in [1.807, 2.05) is 36.4 Å². The van der Waals surface area contributed by atoms with Gasteiger partial charge >= 0.3 is 5.97 Å². The van der Waals surface area contributed by atoms with E-state index in [0.717, 1.165) is 16.3 Å². The van der Waals surface area contributed by atoms with Crippen LogP contribution in [0.25, 0.3) is 16.8 Å². The first-order chi connectivity index (χ1) is 17.4. The summed E-state index contributed by atoms with van der Waals surface area (Å²) in [6.07, 6.45) is 1.70. The minimum atomic E-state index is -0.744. The van der Waals surface area contributed by atoms with Gasteiger partial charge in [0.2, 0.25) is 0 Å². The number of halogens is 1. The first kappa shape index (κ1) is 23.7. The van der Waals surface area contributed by atoms with Gasteiger partial charge in [0.05, 0.1) is 35.6 Å². The molecule has 0 amide bonds. The van der Waals surface area contributed by atoms with Crippen molar-refractivity contribution in [3.63, 3.8) is 0 Å². The average molecular weight is 503 g/mol.